The van der Waals surface area contributed by atoms with E-state index in [4.69, 9.17) is 11.6 Å². The van der Waals surface area contributed by atoms with Crippen molar-refractivity contribution in [2.24, 2.45) is 0 Å². The monoisotopic (exact) mass is 289 g/mol. The molecule has 1 unspecified atom stereocenters. The molecule has 0 aliphatic carbocycles. The molecule has 1 atom stereocenters. The molecule has 5 heteroatoms. The number of halogens is 1. The van der Waals surface area contributed by atoms with Crippen LogP contribution in [0.25, 0.3) is 0 Å². The largest absolute Gasteiger partial charge is 0.344 e. The average Bonchev–Trinajstić information content (AvgIpc) is 2.48. The van der Waals surface area contributed by atoms with E-state index in [2.05, 4.69) is 34.6 Å². The third-order valence-electron chi connectivity index (χ3n) is 3.10. The van der Waals surface area contributed by atoms with Crippen LogP contribution in [0.5, 0.6) is 0 Å². The summed E-state index contributed by atoms with van der Waals surface area (Å²) in [5.74, 6) is -0.263. The topological polar surface area (TPSA) is 54.9 Å². The molecular formula is C15H16ClN3O. The van der Waals surface area contributed by atoms with E-state index in [1.165, 1.54) is 5.56 Å². The molecule has 1 N–H and O–H groups in total. The molecule has 0 aliphatic heterocycles. The molecule has 2 aromatic rings. The highest BCUT2D eigenvalue weighted by Gasteiger charge is 2.12. The first-order valence-electron chi connectivity index (χ1n) is 6.49. The SMILES string of the molecule is CCc1ccc(C(C)NC(=O)c2ccc(Cl)nn2)cc1. The number of carbonyl (C=O) groups is 1. The Bertz CT molecular complexity index is 581. The number of aryl methyl sites for hydroxylation is 1. The molecule has 20 heavy (non-hydrogen) atoms. The number of hydrogen-bond acceptors (Lipinski definition) is 3. The van der Waals surface area contributed by atoms with Crippen molar-refractivity contribution in [3.8, 4) is 0 Å². The Hall–Kier alpha value is -1.94. The molecule has 1 amide bonds. The second-order valence-corrected chi connectivity index (χ2v) is 4.92. The van der Waals surface area contributed by atoms with Gasteiger partial charge in [0.05, 0.1) is 6.04 Å². The smallest absolute Gasteiger partial charge is 0.272 e. The van der Waals surface area contributed by atoms with Gasteiger partial charge in [-0.25, -0.2) is 0 Å². The molecule has 2 rings (SSSR count). The molecule has 0 fully saturated rings. The Morgan fingerprint density at radius 3 is 2.45 bits per heavy atom. The number of nitrogens with one attached hydrogen (secondary N) is 1. The van der Waals surface area contributed by atoms with Gasteiger partial charge in [-0.3, -0.25) is 4.79 Å². The van der Waals surface area contributed by atoms with Gasteiger partial charge >= 0.3 is 0 Å². The van der Waals surface area contributed by atoms with E-state index in [0.717, 1.165) is 12.0 Å². The number of rotatable bonds is 4. The first-order valence-corrected chi connectivity index (χ1v) is 6.87. The zero-order valence-corrected chi connectivity index (χ0v) is 12.2. The maximum atomic E-state index is 12.0. The normalized spacial score (nSPS) is 11.9. The molecule has 0 radical (unpaired) electrons. The number of nitrogens with zero attached hydrogens (tertiary/aromatic N) is 2. The lowest BCUT2D eigenvalue weighted by atomic mass is 10.0. The summed E-state index contributed by atoms with van der Waals surface area (Å²) in [6, 6.07) is 11.2. The number of carbonyl (C=O) groups excluding carboxylic acids is 1. The highest BCUT2D eigenvalue weighted by atomic mass is 35.5. The van der Waals surface area contributed by atoms with Crippen molar-refractivity contribution in [3.05, 3.63) is 58.4 Å². The molecule has 0 saturated heterocycles. The molecule has 4 nitrogen and oxygen atoms in total. The minimum Gasteiger partial charge on any atom is -0.344 e. The van der Waals surface area contributed by atoms with E-state index in [0.29, 0.717) is 0 Å². The molecule has 0 aliphatic rings. The third kappa shape index (κ3) is 3.54. The summed E-state index contributed by atoms with van der Waals surface area (Å²) in [6.07, 6.45) is 1.00. The van der Waals surface area contributed by atoms with E-state index in [1.807, 2.05) is 19.1 Å². The van der Waals surface area contributed by atoms with Crippen molar-refractivity contribution in [1.29, 1.82) is 0 Å². The van der Waals surface area contributed by atoms with Gasteiger partial charge in [0.15, 0.2) is 10.8 Å². The minimum absolute atomic E-state index is 0.0918. The number of benzene rings is 1. The zero-order valence-electron chi connectivity index (χ0n) is 11.4. The van der Waals surface area contributed by atoms with E-state index in [-0.39, 0.29) is 22.8 Å². The maximum Gasteiger partial charge on any atom is 0.272 e. The van der Waals surface area contributed by atoms with Gasteiger partial charge in [0, 0.05) is 0 Å². The quantitative estimate of drug-likeness (QED) is 0.940. The number of amides is 1. The minimum atomic E-state index is -0.263. The van der Waals surface area contributed by atoms with Gasteiger partial charge in [0.25, 0.3) is 5.91 Å². The lowest BCUT2D eigenvalue weighted by molar-refractivity contribution is 0.0934. The summed E-state index contributed by atoms with van der Waals surface area (Å²) in [6.45, 7) is 4.04. The van der Waals surface area contributed by atoms with Gasteiger partial charge in [-0.2, -0.15) is 0 Å². The third-order valence-corrected chi connectivity index (χ3v) is 3.30. The number of aromatic nitrogens is 2. The van der Waals surface area contributed by atoms with Gasteiger partial charge in [-0.1, -0.05) is 42.8 Å². The molecule has 1 aromatic carbocycles. The summed E-state index contributed by atoms with van der Waals surface area (Å²) in [5.41, 5.74) is 2.58. The highest BCUT2D eigenvalue weighted by molar-refractivity contribution is 6.29. The van der Waals surface area contributed by atoms with Crippen molar-refractivity contribution in [2.45, 2.75) is 26.3 Å². The van der Waals surface area contributed by atoms with Gasteiger partial charge in [-0.05, 0) is 36.6 Å². The van der Waals surface area contributed by atoms with Crippen molar-refractivity contribution in [1.82, 2.24) is 15.5 Å². The van der Waals surface area contributed by atoms with Crippen molar-refractivity contribution >= 4 is 17.5 Å². The fourth-order valence-electron chi connectivity index (χ4n) is 1.83. The Morgan fingerprint density at radius 1 is 1.20 bits per heavy atom. The van der Waals surface area contributed by atoms with E-state index >= 15 is 0 Å². The van der Waals surface area contributed by atoms with Crippen LogP contribution in [0.15, 0.2) is 36.4 Å². The van der Waals surface area contributed by atoms with Crippen LogP contribution in [0.2, 0.25) is 5.15 Å². The van der Waals surface area contributed by atoms with Crippen molar-refractivity contribution in [3.63, 3.8) is 0 Å². The lowest BCUT2D eigenvalue weighted by Gasteiger charge is -2.14. The van der Waals surface area contributed by atoms with Crippen LogP contribution in [0, 0.1) is 0 Å². The molecule has 1 heterocycles. The van der Waals surface area contributed by atoms with Crippen LogP contribution in [-0.4, -0.2) is 16.1 Å². The van der Waals surface area contributed by atoms with Gasteiger partial charge < -0.3 is 5.32 Å². The molecule has 104 valence electrons. The number of hydrogen-bond donors (Lipinski definition) is 1. The van der Waals surface area contributed by atoms with E-state index in [9.17, 15) is 4.79 Å². The van der Waals surface area contributed by atoms with E-state index < -0.39 is 0 Å². The molecular weight excluding hydrogens is 274 g/mol. The summed E-state index contributed by atoms with van der Waals surface area (Å²) in [5, 5.41) is 10.6. The Labute approximate surface area is 123 Å². The summed E-state index contributed by atoms with van der Waals surface area (Å²) in [4.78, 5) is 12.0. The van der Waals surface area contributed by atoms with Crippen molar-refractivity contribution in [2.75, 3.05) is 0 Å². The molecule has 0 spiro atoms. The summed E-state index contributed by atoms with van der Waals surface area (Å²) in [7, 11) is 0. The predicted octanol–water partition coefficient (Wildman–Crippen LogP) is 3.18. The summed E-state index contributed by atoms with van der Waals surface area (Å²) >= 11 is 5.64. The van der Waals surface area contributed by atoms with E-state index in [1.54, 1.807) is 12.1 Å². The lowest BCUT2D eigenvalue weighted by Crippen LogP contribution is -2.27. The maximum absolute atomic E-state index is 12.0. The predicted molar refractivity (Wildman–Crippen MR) is 78.7 cm³/mol. The zero-order chi connectivity index (χ0) is 14.5. The Balaban J connectivity index is 2.04. The van der Waals surface area contributed by atoms with Crippen LogP contribution in [0.4, 0.5) is 0 Å². The van der Waals surface area contributed by atoms with Crippen LogP contribution in [0.3, 0.4) is 0 Å². The Morgan fingerprint density at radius 2 is 1.90 bits per heavy atom. The van der Waals surface area contributed by atoms with Gasteiger partial charge in [-0.15, -0.1) is 10.2 Å². The second kappa shape index (κ2) is 6.48. The van der Waals surface area contributed by atoms with Crippen LogP contribution in [0.1, 0.15) is 41.5 Å². The highest BCUT2D eigenvalue weighted by Crippen LogP contribution is 2.14. The van der Waals surface area contributed by atoms with Crippen molar-refractivity contribution < 1.29 is 4.79 Å². The van der Waals surface area contributed by atoms with Crippen LogP contribution >= 0.6 is 11.6 Å². The fraction of sp³-hybridized carbons (Fsp3) is 0.267. The van der Waals surface area contributed by atoms with Gasteiger partial charge in [0.1, 0.15) is 0 Å². The average molecular weight is 290 g/mol. The van der Waals surface area contributed by atoms with Crippen LogP contribution in [-0.2, 0) is 6.42 Å². The fourth-order valence-corrected chi connectivity index (χ4v) is 1.93. The Kier molecular flexibility index (Phi) is 4.69. The first-order chi connectivity index (χ1) is 9.60. The first kappa shape index (κ1) is 14.5. The summed E-state index contributed by atoms with van der Waals surface area (Å²) < 4.78 is 0. The standard InChI is InChI=1S/C15H16ClN3O/c1-3-11-4-6-12(7-5-11)10(2)17-15(20)13-8-9-14(16)19-18-13/h4-10H,3H2,1-2H3,(H,17,20). The van der Waals surface area contributed by atoms with Gasteiger partial charge in [0.2, 0.25) is 0 Å². The molecule has 0 bridgehead atoms. The second-order valence-electron chi connectivity index (χ2n) is 4.53. The molecule has 1 aromatic heterocycles. The van der Waals surface area contributed by atoms with Crippen LogP contribution < -0.4 is 5.32 Å². The molecule has 0 saturated carbocycles.